The van der Waals surface area contributed by atoms with E-state index >= 15 is 0 Å². The first-order chi connectivity index (χ1) is 9.86. The van der Waals surface area contributed by atoms with Crippen LogP contribution in [0.3, 0.4) is 0 Å². The van der Waals surface area contributed by atoms with Crippen LogP contribution in [-0.2, 0) is 14.8 Å². The van der Waals surface area contributed by atoms with Gasteiger partial charge in [0.15, 0.2) is 0 Å². The third kappa shape index (κ3) is 3.78. The second-order valence-electron chi connectivity index (χ2n) is 5.19. The van der Waals surface area contributed by atoms with Gasteiger partial charge in [-0.3, -0.25) is 0 Å². The normalized spacial score (nSPS) is 19.3. The Morgan fingerprint density at radius 1 is 1.41 bits per heavy atom. The van der Waals surface area contributed by atoms with Gasteiger partial charge in [-0.1, -0.05) is 6.07 Å². The SMILES string of the molecule is COC(=O)c1cc(S(=O)(=O)N2CCNC(C)C2)ccc1C.Cl. The molecule has 1 atom stereocenters. The number of ether oxygens (including phenoxy) is 1. The molecule has 1 aromatic rings. The molecule has 2 rings (SSSR count). The van der Waals surface area contributed by atoms with E-state index in [4.69, 9.17) is 0 Å². The maximum atomic E-state index is 12.7. The number of aryl methyl sites for hydroxylation is 1. The molecule has 0 amide bonds. The molecule has 1 aromatic carbocycles. The van der Waals surface area contributed by atoms with Crippen LogP contribution in [-0.4, -0.2) is 51.5 Å². The summed E-state index contributed by atoms with van der Waals surface area (Å²) in [5.41, 5.74) is 0.969. The summed E-state index contributed by atoms with van der Waals surface area (Å²) in [6, 6.07) is 4.66. The van der Waals surface area contributed by atoms with E-state index in [1.165, 1.54) is 23.5 Å². The Morgan fingerprint density at radius 2 is 2.09 bits per heavy atom. The first-order valence-electron chi connectivity index (χ1n) is 6.78. The van der Waals surface area contributed by atoms with E-state index in [0.717, 1.165) is 0 Å². The average molecular weight is 349 g/mol. The van der Waals surface area contributed by atoms with Crippen LogP contribution >= 0.6 is 12.4 Å². The fourth-order valence-corrected chi connectivity index (χ4v) is 3.91. The molecular weight excluding hydrogens is 328 g/mol. The number of piperazine rings is 1. The van der Waals surface area contributed by atoms with Crippen molar-refractivity contribution in [2.75, 3.05) is 26.7 Å². The molecule has 1 unspecified atom stereocenters. The zero-order valence-electron chi connectivity index (χ0n) is 12.8. The molecular formula is C14H21ClN2O4S. The Morgan fingerprint density at radius 3 is 2.68 bits per heavy atom. The van der Waals surface area contributed by atoms with Crippen molar-refractivity contribution < 1.29 is 17.9 Å². The molecule has 1 N–H and O–H groups in total. The lowest BCUT2D eigenvalue weighted by Crippen LogP contribution is -2.51. The number of sulfonamides is 1. The van der Waals surface area contributed by atoms with Crippen LogP contribution in [0.25, 0.3) is 0 Å². The summed E-state index contributed by atoms with van der Waals surface area (Å²) >= 11 is 0. The zero-order valence-corrected chi connectivity index (χ0v) is 14.5. The number of esters is 1. The van der Waals surface area contributed by atoms with E-state index in [-0.39, 0.29) is 28.9 Å². The molecule has 1 heterocycles. The van der Waals surface area contributed by atoms with Crippen LogP contribution in [0.2, 0.25) is 0 Å². The number of hydrogen-bond donors (Lipinski definition) is 1. The fraction of sp³-hybridized carbons (Fsp3) is 0.500. The number of nitrogens with one attached hydrogen (secondary N) is 1. The van der Waals surface area contributed by atoms with Gasteiger partial charge in [-0.05, 0) is 31.5 Å². The van der Waals surface area contributed by atoms with Gasteiger partial charge in [0.25, 0.3) is 0 Å². The van der Waals surface area contributed by atoms with Crippen LogP contribution in [0.15, 0.2) is 23.1 Å². The van der Waals surface area contributed by atoms with E-state index < -0.39 is 16.0 Å². The van der Waals surface area contributed by atoms with Crippen molar-refractivity contribution in [3.63, 3.8) is 0 Å². The smallest absolute Gasteiger partial charge is 0.338 e. The minimum absolute atomic E-state index is 0. The zero-order chi connectivity index (χ0) is 15.6. The Kier molecular flexibility index (Phi) is 6.37. The molecule has 1 aliphatic heterocycles. The molecule has 1 fully saturated rings. The summed E-state index contributed by atoms with van der Waals surface area (Å²) in [6.45, 7) is 5.15. The molecule has 0 aromatic heterocycles. The van der Waals surface area contributed by atoms with Gasteiger partial charge in [0.2, 0.25) is 10.0 Å². The number of halogens is 1. The highest BCUT2D eigenvalue weighted by molar-refractivity contribution is 7.89. The molecule has 0 spiro atoms. The minimum atomic E-state index is -3.59. The number of hydrogen-bond acceptors (Lipinski definition) is 5. The standard InChI is InChI=1S/C14H20N2O4S.ClH/c1-10-4-5-12(8-13(10)14(17)20-3)21(18,19)16-7-6-15-11(2)9-16;/h4-5,8,11,15H,6-7,9H2,1-3H3;1H. The maximum Gasteiger partial charge on any atom is 0.338 e. The maximum absolute atomic E-state index is 12.7. The Hall–Kier alpha value is -1.15. The van der Waals surface area contributed by atoms with Crippen molar-refractivity contribution in [2.45, 2.75) is 24.8 Å². The number of carbonyl (C=O) groups is 1. The summed E-state index contributed by atoms with van der Waals surface area (Å²) in [4.78, 5) is 11.8. The summed E-state index contributed by atoms with van der Waals surface area (Å²) in [7, 11) is -2.31. The molecule has 0 saturated carbocycles. The highest BCUT2D eigenvalue weighted by Gasteiger charge is 2.29. The van der Waals surface area contributed by atoms with Crippen molar-refractivity contribution in [3.05, 3.63) is 29.3 Å². The molecule has 8 heteroatoms. The molecule has 1 saturated heterocycles. The van der Waals surface area contributed by atoms with Crippen molar-refractivity contribution >= 4 is 28.4 Å². The van der Waals surface area contributed by atoms with Crippen molar-refractivity contribution in [1.82, 2.24) is 9.62 Å². The number of nitrogens with zero attached hydrogens (tertiary/aromatic N) is 1. The average Bonchev–Trinajstić information content (AvgIpc) is 2.46. The summed E-state index contributed by atoms with van der Waals surface area (Å²) < 4.78 is 31.4. The number of benzene rings is 1. The quantitative estimate of drug-likeness (QED) is 0.830. The molecule has 1 aliphatic rings. The number of methoxy groups -OCH3 is 1. The number of carbonyl (C=O) groups excluding carboxylic acids is 1. The largest absolute Gasteiger partial charge is 0.465 e. The number of rotatable bonds is 3. The Bertz CT molecular complexity index is 648. The van der Waals surface area contributed by atoms with E-state index in [9.17, 15) is 13.2 Å². The van der Waals surface area contributed by atoms with Crippen LogP contribution in [0.5, 0.6) is 0 Å². The summed E-state index contributed by atoms with van der Waals surface area (Å²) in [6.07, 6.45) is 0. The highest BCUT2D eigenvalue weighted by Crippen LogP contribution is 2.21. The van der Waals surface area contributed by atoms with Gasteiger partial charge >= 0.3 is 5.97 Å². The van der Waals surface area contributed by atoms with Crippen molar-refractivity contribution in [3.8, 4) is 0 Å². The predicted octanol–water partition coefficient (Wildman–Crippen LogP) is 1.19. The van der Waals surface area contributed by atoms with Gasteiger partial charge < -0.3 is 10.1 Å². The van der Waals surface area contributed by atoms with Crippen LogP contribution < -0.4 is 5.32 Å². The lowest BCUT2D eigenvalue weighted by Gasteiger charge is -2.31. The summed E-state index contributed by atoms with van der Waals surface area (Å²) in [5, 5.41) is 3.20. The van der Waals surface area contributed by atoms with Gasteiger partial charge in [0, 0.05) is 25.7 Å². The van der Waals surface area contributed by atoms with E-state index in [2.05, 4.69) is 10.1 Å². The second kappa shape index (κ2) is 7.41. The molecule has 0 bridgehead atoms. The topological polar surface area (TPSA) is 75.7 Å². The second-order valence-corrected chi connectivity index (χ2v) is 7.12. The van der Waals surface area contributed by atoms with Crippen LogP contribution in [0.4, 0.5) is 0 Å². The van der Waals surface area contributed by atoms with E-state index in [1.807, 2.05) is 6.92 Å². The van der Waals surface area contributed by atoms with Gasteiger partial charge in [0.05, 0.1) is 17.6 Å². The molecule has 6 nitrogen and oxygen atoms in total. The monoisotopic (exact) mass is 348 g/mol. The van der Waals surface area contributed by atoms with Gasteiger partial charge in [0.1, 0.15) is 0 Å². The van der Waals surface area contributed by atoms with Crippen LogP contribution in [0.1, 0.15) is 22.8 Å². The molecule has 0 aliphatic carbocycles. The van der Waals surface area contributed by atoms with Crippen molar-refractivity contribution in [2.24, 2.45) is 0 Å². The minimum Gasteiger partial charge on any atom is -0.465 e. The lowest BCUT2D eigenvalue weighted by molar-refractivity contribution is 0.0599. The molecule has 124 valence electrons. The predicted molar refractivity (Wildman–Crippen MR) is 86.0 cm³/mol. The third-order valence-electron chi connectivity index (χ3n) is 3.58. The van der Waals surface area contributed by atoms with Gasteiger partial charge in [-0.25, -0.2) is 13.2 Å². The Labute approximate surface area is 137 Å². The van der Waals surface area contributed by atoms with Gasteiger partial charge in [-0.15, -0.1) is 12.4 Å². The Balaban J connectivity index is 0.00000242. The first kappa shape index (κ1) is 18.9. The molecule has 22 heavy (non-hydrogen) atoms. The summed E-state index contributed by atoms with van der Waals surface area (Å²) in [5.74, 6) is -0.529. The molecule has 0 radical (unpaired) electrons. The first-order valence-corrected chi connectivity index (χ1v) is 8.22. The fourth-order valence-electron chi connectivity index (χ4n) is 2.36. The van der Waals surface area contributed by atoms with Crippen molar-refractivity contribution in [1.29, 1.82) is 0 Å². The van der Waals surface area contributed by atoms with E-state index in [0.29, 0.717) is 25.2 Å². The van der Waals surface area contributed by atoms with E-state index in [1.54, 1.807) is 13.0 Å². The third-order valence-corrected chi connectivity index (χ3v) is 5.44. The van der Waals surface area contributed by atoms with Crippen LogP contribution in [0, 0.1) is 6.92 Å². The van der Waals surface area contributed by atoms with Gasteiger partial charge in [-0.2, -0.15) is 4.31 Å². The lowest BCUT2D eigenvalue weighted by atomic mass is 10.1. The highest BCUT2D eigenvalue weighted by atomic mass is 35.5.